The molecule has 1 N–H and O–H groups in total. The van der Waals surface area contributed by atoms with E-state index in [9.17, 15) is 8.78 Å². The van der Waals surface area contributed by atoms with Crippen LogP contribution in [0.1, 0.15) is 19.4 Å². The zero-order valence-electron chi connectivity index (χ0n) is 7.64. The summed E-state index contributed by atoms with van der Waals surface area (Å²) < 4.78 is 25.5. The maximum absolute atomic E-state index is 12.8. The minimum absolute atomic E-state index is 0.143. The highest BCUT2D eigenvalue weighted by atomic mass is 19.1. The fourth-order valence-corrected chi connectivity index (χ4v) is 1.04. The maximum atomic E-state index is 12.8. The summed E-state index contributed by atoms with van der Waals surface area (Å²) in [6.07, 6.45) is 0. The summed E-state index contributed by atoms with van der Waals surface area (Å²) >= 11 is 0. The van der Waals surface area contributed by atoms with Crippen LogP contribution in [0.5, 0.6) is 0 Å². The number of halogens is 2. The first kappa shape index (κ1) is 10.1. The van der Waals surface area contributed by atoms with Crippen LogP contribution in [0.3, 0.4) is 0 Å². The van der Waals surface area contributed by atoms with Gasteiger partial charge >= 0.3 is 0 Å². The summed E-state index contributed by atoms with van der Waals surface area (Å²) in [5.74, 6) is -1.23. The predicted molar refractivity (Wildman–Crippen MR) is 46.5 cm³/mol. The molecule has 1 aromatic rings. The lowest BCUT2D eigenvalue weighted by molar-refractivity contribution is 0.218. The van der Waals surface area contributed by atoms with Gasteiger partial charge in [-0.25, -0.2) is 8.78 Å². The Morgan fingerprint density at radius 2 is 1.62 bits per heavy atom. The Kier molecular flexibility index (Phi) is 2.66. The first-order valence-corrected chi connectivity index (χ1v) is 4.03. The number of aliphatic hydroxyl groups is 1. The van der Waals surface area contributed by atoms with Gasteiger partial charge in [-0.05, 0) is 17.7 Å². The molecule has 0 amide bonds. The van der Waals surface area contributed by atoms with E-state index in [1.54, 1.807) is 13.8 Å². The first-order valence-electron chi connectivity index (χ1n) is 4.03. The Bertz CT molecular complexity index is 288. The third-order valence-corrected chi connectivity index (χ3v) is 2.04. The van der Waals surface area contributed by atoms with Gasteiger partial charge in [-0.1, -0.05) is 13.8 Å². The van der Waals surface area contributed by atoms with Crippen LogP contribution < -0.4 is 0 Å². The summed E-state index contributed by atoms with van der Waals surface area (Å²) in [6, 6.07) is 3.29. The van der Waals surface area contributed by atoms with Crippen molar-refractivity contribution in [3.8, 4) is 0 Å². The van der Waals surface area contributed by atoms with E-state index in [-0.39, 0.29) is 6.61 Å². The van der Waals surface area contributed by atoms with E-state index >= 15 is 0 Å². The molecule has 0 unspecified atom stereocenters. The average molecular weight is 186 g/mol. The average Bonchev–Trinajstić information content (AvgIpc) is 2.02. The standard InChI is InChI=1S/C10H12F2O/c1-10(2,6-13)7-3-8(11)5-9(12)4-7/h3-5,13H,6H2,1-2H3. The lowest BCUT2D eigenvalue weighted by Gasteiger charge is -2.22. The second kappa shape index (κ2) is 3.42. The third-order valence-electron chi connectivity index (χ3n) is 2.04. The van der Waals surface area contributed by atoms with Gasteiger partial charge in [-0.15, -0.1) is 0 Å². The summed E-state index contributed by atoms with van der Waals surface area (Å²) in [5, 5.41) is 8.98. The highest BCUT2D eigenvalue weighted by molar-refractivity contribution is 5.25. The number of hydrogen-bond donors (Lipinski definition) is 1. The van der Waals surface area contributed by atoms with E-state index in [1.165, 1.54) is 12.1 Å². The normalized spacial score (nSPS) is 11.8. The molecule has 0 aliphatic heterocycles. The Hall–Kier alpha value is -0.960. The van der Waals surface area contributed by atoms with Gasteiger partial charge in [0.25, 0.3) is 0 Å². The monoisotopic (exact) mass is 186 g/mol. The Morgan fingerprint density at radius 3 is 2.00 bits per heavy atom. The molecule has 13 heavy (non-hydrogen) atoms. The van der Waals surface area contributed by atoms with E-state index in [1.807, 2.05) is 0 Å². The Labute approximate surface area is 76.0 Å². The minimum atomic E-state index is -0.614. The minimum Gasteiger partial charge on any atom is -0.395 e. The molecule has 1 aromatic carbocycles. The summed E-state index contributed by atoms with van der Waals surface area (Å²) in [5.41, 5.74) is -0.143. The molecule has 0 bridgehead atoms. The van der Waals surface area contributed by atoms with Crippen LogP contribution in [0, 0.1) is 11.6 Å². The summed E-state index contributed by atoms with van der Waals surface area (Å²) in [7, 11) is 0. The molecular weight excluding hydrogens is 174 g/mol. The van der Waals surface area contributed by atoms with Crippen LogP contribution in [-0.4, -0.2) is 11.7 Å². The third kappa shape index (κ3) is 2.25. The smallest absolute Gasteiger partial charge is 0.126 e. The fraction of sp³-hybridized carbons (Fsp3) is 0.400. The van der Waals surface area contributed by atoms with Crippen molar-refractivity contribution in [2.45, 2.75) is 19.3 Å². The van der Waals surface area contributed by atoms with Crippen LogP contribution >= 0.6 is 0 Å². The molecule has 0 aliphatic rings. The van der Waals surface area contributed by atoms with Crippen LogP contribution in [0.25, 0.3) is 0 Å². The van der Waals surface area contributed by atoms with Gasteiger partial charge in [-0.3, -0.25) is 0 Å². The molecule has 0 heterocycles. The molecule has 0 fully saturated rings. The van der Waals surface area contributed by atoms with Crippen molar-refractivity contribution in [1.82, 2.24) is 0 Å². The van der Waals surface area contributed by atoms with Gasteiger partial charge in [-0.2, -0.15) is 0 Å². The Morgan fingerprint density at radius 1 is 1.15 bits per heavy atom. The van der Waals surface area contributed by atoms with Crippen molar-refractivity contribution in [3.05, 3.63) is 35.4 Å². The molecule has 3 heteroatoms. The lowest BCUT2D eigenvalue weighted by atomic mass is 9.85. The van der Waals surface area contributed by atoms with Gasteiger partial charge in [0.1, 0.15) is 11.6 Å². The van der Waals surface area contributed by atoms with Crippen LogP contribution in [0.2, 0.25) is 0 Å². The second-order valence-corrected chi connectivity index (χ2v) is 3.70. The topological polar surface area (TPSA) is 20.2 Å². The van der Waals surface area contributed by atoms with Gasteiger partial charge in [0.15, 0.2) is 0 Å². The van der Waals surface area contributed by atoms with E-state index in [4.69, 9.17) is 5.11 Å². The molecule has 0 spiro atoms. The molecule has 0 saturated carbocycles. The van der Waals surface area contributed by atoms with E-state index in [2.05, 4.69) is 0 Å². The lowest BCUT2D eigenvalue weighted by Crippen LogP contribution is -2.22. The van der Waals surface area contributed by atoms with Crippen molar-refractivity contribution in [2.75, 3.05) is 6.61 Å². The van der Waals surface area contributed by atoms with Crippen molar-refractivity contribution >= 4 is 0 Å². The molecule has 0 saturated heterocycles. The zero-order chi connectivity index (χ0) is 10.1. The van der Waals surface area contributed by atoms with Gasteiger partial charge in [0, 0.05) is 11.5 Å². The van der Waals surface area contributed by atoms with Crippen molar-refractivity contribution in [2.24, 2.45) is 0 Å². The summed E-state index contributed by atoms with van der Waals surface area (Å²) in [6.45, 7) is 3.30. The molecule has 1 nitrogen and oxygen atoms in total. The molecule has 0 atom stereocenters. The summed E-state index contributed by atoms with van der Waals surface area (Å²) in [4.78, 5) is 0. The fourth-order valence-electron chi connectivity index (χ4n) is 1.04. The highest BCUT2D eigenvalue weighted by Crippen LogP contribution is 2.23. The van der Waals surface area contributed by atoms with E-state index in [0.29, 0.717) is 5.56 Å². The number of aliphatic hydroxyl groups excluding tert-OH is 1. The van der Waals surface area contributed by atoms with Gasteiger partial charge < -0.3 is 5.11 Å². The maximum Gasteiger partial charge on any atom is 0.126 e. The van der Waals surface area contributed by atoms with Gasteiger partial charge in [0.05, 0.1) is 6.61 Å². The SMILES string of the molecule is CC(C)(CO)c1cc(F)cc(F)c1. The second-order valence-electron chi connectivity index (χ2n) is 3.70. The van der Waals surface area contributed by atoms with E-state index < -0.39 is 17.0 Å². The molecule has 0 radical (unpaired) electrons. The Balaban J connectivity index is 3.15. The molecule has 0 aromatic heterocycles. The number of rotatable bonds is 2. The van der Waals surface area contributed by atoms with Crippen molar-refractivity contribution in [3.63, 3.8) is 0 Å². The highest BCUT2D eigenvalue weighted by Gasteiger charge is 2.20. The first-order chi connectivity index (χ1) is 5.95. The van der Waals surface area contributed by atoms with Gasteiger partial charge in [0.2, 0.25) is 0 Å². The largest absolute Gasteiger partial charge is 0.395 e. The van der Waals surface area contributed by atoms with Crippen molar-refractivity contribution < 1.29 is 13.9 Å². The molecule has 1 rings (SSSR count). The molecule has 0 aliphatic carbocycles. The molecular formula is C10H12F2O. The van der Waals surface area contributed by atoms with Crippen LogP contribution in [-0.2, 0) is 5.41 Å². The zero-order valence-corrected chi connectivity index (χ0v) is 7.64. The quantitative estimate of drug-likeness (QED) is 0.751. The van der Waals surface area contributed by atoms with Crippen LogP contribution in [0.4, 0.5) is 8.78 Å². The predicted octanol–water partition coefficient (Wildman–Crippen LogP) is 2.23. The molecule has 72 valence electrons. The van der Waals surface area contributed by atoms with Crippen molar-refractivity contribution in [1.29, 1.82) is 0 Å². The number of hydrogen-bond acceptors (Lipinski definition) is 1. The van der Waals surface area contributed by atoms with Crippen LogP contribution in [0.15, 0.2) is 18.2 Å². The van der Waals surface area contributed by atoms with E-state index in [0.717, 1.165) is 6.07 Å². The number of benzene rings is 1.